The molecule has 0 saturated heterocycles. The van der Waals surface area contributed by atoms with E-state index >= 15 is 0 Å². The third kappa shape index (κ3) is 6.72. The quantitative estimate of drug-likeness (QED) is 0.325. The first kappa shape index (κ1) is 26.0. The third-order valence-electron chi connectivity index (χ3n) is 5.26. The Labute approximate surface area is 213 Å². The number of hydrogen-bond acceptors (Lipinski definition) is 5. The predicted octanol–water partition coefficient (Wildman–Crippen LogP) is 6.37. The molecular weight excluding hydrogens is 493 g/mol. The van der Waals surface area contributed by atoms with Crippen LogP contribution in [0.4, 0.5) is 5.13 Å². The van der Waals surface area contributed by atoms with E-state index in [0.29, 0.717) is 28.6 Å². The first-order valence-electron chi connectivity index (χ1n) is 11.0. The number of aromatic nitrogens is 1. The highest BCUT2D eigenvalue weighted by Crippen LogP contribution is 2.32. The van der Waals surface area contributed by atoms with Gasteiger partial charge in [-0.1, -0.05) is 55.2 Å². The smallest absolute Gasteiger partial charge is 0.326 e. The second-order valence-corrected chi connectivity index (χ2v) is 10.0. The molecule has 6 nitrogen and oxygen atoms in total. The maximum Gasteiger partial charge on any atom is 0.326 e. The average molecular weight is 520 g/mol. The van der Waals surface area contributed by atoms with Crippen molar-refractivity contribution in [1.82, 2.24) is 10.3 Å². The summed E-state index contributed by atoms with van der Waals surface area (Å²) in [6.07, 6.45) is 0.378. The number of benzene rings is 2. The molecule has 0 spiro atoms. The van der Waals surface area contributed by atoms with Gasteiger partial charge in [-0.25, -0.2) is 9.78 Å². The number of rotatable bonds is 10. The van der Waals surface area contributed by atoms with Gasteiger partial charge in [0.05, 0.1) is 15.7 Å². The van der Waals surface area contributed by atoms with Crippen LogP contribution < -0.4 is 10.2 Å². The van der Waals surface area contributed by atoms with E-state index in [4.69, 9.17) is 28.2 Å². The van der Waals surface area contributed by atoms with Gasteiger partial charge in [0.2, 0.25) is 0 Å². The van der Waals surface area contributed by atoms with E-state index in [1.807, 2.05) is 37.4 Å². The highest BCUT2D eigenvalue weighted by atomic mass is 35.5. The van der Waals surface area contributed by atoms with E-state index in [-0.39, 0.29) is 5.92 Å². The molecule has 3 rings (SSSR count). The molecule has 0 aliphatic rings. The molecule has 1 heterocycles. The molecule has 0 saturated carbocycles. The van der Waals surface area contributed by atoms with Crippen LogP contribution in [0.1, 0.15) is 43.1 Å². The number of anilines is 1. The van der Waals surface area contributed by atoms with Crippen LogP contribution in [0.25, 0.3) is 11.3 Å². The summed E-state index contributed by atoms with van der Waals surface area (Å²) in [5, 5.41) is 15.8. The lowest BCUT2D eigenvalue weighted by molar-refractivity contribution is -0.139. The second kappa shape index (κ2) is 11.7. The van der Waals surface area contributed by atoms with Gasteiger partial charge in [0.1, 0.15) is 6.04 Å². The van der Waals surface area contributed by atoms with Crippen LogP contribution in [0, 0.1) is 5.92 Å². The molecule has 1 unspecified atom stereocenters. The fourth-order valence-corrected chi connectivity index (χ4v) is 4.63. The van der Waals surface area contributed by atoms with Crippen LogP contribution in [-0.2, 0) is 11.3 Å². The average Bonchev–Trinajstić information content (AvgIpc) is 3.29. The molecule has 0 aliphatic carbocycles. The Morgan fingerprint density at radius 2 is 1.82 bits per heavy atom. The fraction of sp³-hybridized carbons (Fsp3) is 0.320. The molecule has 0 radical (unpaired) electrons. The van der Waals surface area contributed by atoms with Gasteiger partial charge in [-0.3, -0.25) is 4.79 Å². The number of nitrogens with zero attached hydrogens (tertiary/aromatic N) is 2. The minimum atomic E-state index is -1.03. The van der Waals surface area contributed by atoms with Crippen molar-refractivity contribution in [2.24, 2.45) is 5.92 Å². The van der Waals surface area contributed by atoms with Crippen LogP contribution in [0.3, 0.4) is 0 Å². The van der Waals surface area contributed by atoms with E-state index in [1.165, 1.54) is 0 Å². The second-order valence-electron chi connectivity index (χ2n) is 8.35. The molecule has 2 N–H and O–H groups in total. The molecule has 9 heteroatoms. The molecule has 1 atom stereocenters. The zero-order valence-corrected chi connectivity index (χ0v) is 21.5. The van der Waals surface area contributed by atoms with E-state index in [2.05, 4.69) is 17.1 Å². The Hall–Kier alpha value is -2.61. The Kier molecular flexibility index (Phi) is 8.94. The Bertz CT molecular complexity index is 1150. The first-order valence-corrected chi connectivity index (χ1v) is 12.6. The van der Waals surface area contributed by atoms with E-state index in [9.17, 15) is 14.7 Å². The van der Waals surface area contributed by atoms with Gasteiger partial charge in [0, 0.05) is 29.6 Å². The number of amides is 1. The molecule has 1 aromatic heterocycles. The summed E-state index contributed by atoms with van der Waals surface area (Å²) in [6, 6.07) is 11.7. The lowest BCUT2D eigenvalue weighted by Gasteiger charge is -2.20. The van der Waals surface area contributed by atoms with E-state index in [0.717, 1.165) is 28.5 Å². The number of carboxylic acid groups (broad SMARTS) is 1. The standard InChI is InChI=1S/C25H27Cl2N3O3S/c1-4-30(25-29-22(14-34-25)18-9-10-19(26)20(27)12-18)13-16-5-7-17(8-6-16)23(31)28-21(24(32)33)11-15(2)3/h5-10,12,14-15,21H,4,11,13H2,1-3H3,(H,28,31)(H,32,33). The lowest BCUT2D eigenvalue weighted by atomic mass is 10.0. The van der Waals surface area contributed by atoms with Crippen LogP contribution in [0.2, 0.25) is 10.0 Å². The van der Waals surface area contributed by atoms with Crippen molar-refractivity contribution in [1.29, 1.82) is 0 Å². The number of carbonyl (C=O) groups excluding carboxylic acids is 1. The summed E-state index contributed by atoms with van der Waals surface area (Å²) in [7, 11) is 0. The summed E-state index contributed by atoms with van der Waals surface area (Å²) < 4.78 is 0. The van der Waals surface area contributed by atoms with E-state index in [1.54, 1.807) is 35.6 Å². The minimum Gasteiger partial charge on any atom is -0.480 e. The summed E-state index contributed by atoms with van der Waals surface area (Å²) in [6.45, 7) is 7.28. The van der Waals surface area contributed by atoms with Crippen molar-refractivity contribution in [2.45, 2.75) is 39.8 Å². The molecule has 180 valence electrons. The highest BCUT2D eigenvalue weighted by molar-refractivity contribution is 7.14. The zero-order chi connectivity index (χ0) is 24.8. The van der Waals surface area contributed by atoms with Gasteiger partial charge in [0.25, 0.3) is 5.91 Å². The number of hydrogen-bond donors (Lipinski definition) is 2. The maximum atomic E-state index is 12.5. The third-order valence-corrected chi connectivity index (χ3v) is 6.90. The van der Waals surface area contributed by atoms with Crippen molar-refractivity contribution in [3.05, 3.63) is 69.0 Å². The van der Waals surface area contributed by atoms with Crippen LogP contribution in [-0.4, -0.2) is 34.6 Å². The maximum absolute atomic E-state index is 12.5. The first-order chi connectivity index (χ1) is 16.2. The van der Waals surface area contributed by atoms with Gasteiger partial charge in [0.15, 0.2) is 5.13 Å². The van der Waals surface area contributed by atoms with Crippen LogP contribution in [0.5, 0.6) is 0 Å². The minimum absolute atomic E-state index is 0.159. The number of carbonyl (C=O) groups is 2. The zero-order valence-electron chi connectivity index (χ0n) is 19.2. The lowest BCUT2D eigenvalue weighted by Crippen LogP contribution is -2.41. The molecule has 1 amide bonds. The van der Waals surface area contributed by atoms with E-state index < -0.39 is 17.9 Å². The summed E-state index contributed by atoms with van der Waals surface area (Å²) in [4.78, 5) is 30.9. The van der Waals surface area contributed by atoms with Crippen molar-refractivity contribution < 1.29 is 14.7 Å². The van der Waals surface area contributed by atoms with Crippen LogP contribution in [0.15, 0.2) is 47.8 Å². The Morgan fingerprint density at radius 1 is 1.12 bits per heavy atom. The van der Waals surface area contributed by atoms with Gasteiger partial charge in [-0.2, -0.15) is 0 Å². The summed E-state index contributed by atoms with van der Waals surface area (Å²) in [5.74, 6) is -1.26. The molecule has 0 bridgehead atoms. The predicted molar refractivity (Wildman–Crippen MR) is 139 cm³/mol. The van der Waals surface area contributed by atoms with Gasteiger partial charge < -0.3 is 15.3 Å². The molecule has 0 fully saturated rings. The van der Waals surface area contributed by atoms with Gasteiger partial charge in [-0.15, -0.1) is 11.3 Å². The van der Waals surface area contributed by atoms with Crippen molar-refractivity contribution in [2.75, 3.05) is 11.4 Å². The van der Waals surface area contributed by atoms with Crippen molar-refractivity contribution >= 4 is 51.5 Å². The molecule has 34 heavy (non-hydrogen) atoms. The molecular formula is C25H27Cl2N3O3S. The Balaban J connectivity index is 1.68. The summed E-state index contributed by atoms with van der Waals surface area (Å²) >= 11 is 13.7. The Morgan fingerprint density at radius 3 is 2.41 bits per heavy atom. The van der Waals surface area contributed by atoms with Crippen molar-refractivity contribution in [3.63, 3.8) is 0 Å². The number of thiazole rings is 1. The highest BCUT2D eigenvalue weighted by Gasteiger charge is 2.22. The largest absolute Gasteiger partial charge is 0.480 e. The van der Waals surface area contributed by atoms with Crippen molar-refractivity contribution in [3.8, 4) is 11.3 Å². The number of carboxylic acids is 1. The topological polar surface area (TPSA) is 82.5 Å². The number of halogens is 2. The fourth-order valence-electron chi connectivity index (χ4n) is 3.43. The monoisotopic (exact) mass is 519 g/mol. The normalized spacial score (nSPS) is 11.9. The van der Waals surface area contributed by atoms with Crippen LogP contribution >= 0.6 is 34.5 Å². The SMILES string of the molecule is CCN(Cc1ccc(C(=O)NC(CC(C)C)C(=O)O)cc1)c1nc(-c2ccc(Cl)c(Cl)c2)cs1. The van der Waals surface area contributed by atoms with Gasteiger partial charge >= 0.3 is 5.97 Å². The molecule has 0 aliphatic heterocycles. The molecule has 2 aromatic carbocycles. The summed E-state index contributed by atoms with van der Waals surface area (Å²) in [5.41, 5.74) is 3.18. The van der Waals surface area contributed by atoms with Gasteiger partial charge in [-0.05, 0) is 49.1 Å². The number of aliphatic carboxylic acids is 1. The number of nitrogens with one attached hydrogen (secondary N) is 1. The molecule has 3 aromatic rings.